The molecule has 1 fully saturated rings. The van der Waals surface area contributed by atoms with Crippen LogP contribution in [0.4, 0.5) is 0 Å². The van der Waals surface area contributed by atoms with Gasteiger partial charge in [0.05, 0.1) is 24.6 Å². The van der Waals surface area contributed by atoms with E-state index in [4.69, 9.17) is 4.74 Å². The molecule has 1 saturated carbocycles. The predicted molar refractivity (Wildman–Crippen MR) is 120 cm³/mol. The van der Waals surface area contributed by atoms with Crippen LogP contribution in [-0.4, -0.2) is 36.2 Å². The zero-order valence-electron chi connectivity index (χ0n) is 18.0. The molecule has 164 valence electrons. The number of hydrogen-bond donors (Lipinski definition) is 1. The molecule has 1 unspecified atom stereocenters. The van der Waals surface area contributed by atoms with Crippen molar-refractivity contribution in [1.29, 1.82) is 0 Å². The molecular weight excluding hydrogens is 414 g/mol. The van der Waals surface area contributed by atoms with Crippen LogP contribution in [0.25, 0.3) is 10.9 Å². The Kier molecular flexibility index (Phi) is 5.75. The molecule has 8 heteroatoms. The highest BCUT2D eigenvalue weighted by atomic mass is 32.2. The van der Waals surface area contributed by atoms with E-state index >= 15 is 0 Å². The molecule has 2 aromatic heterocycles. The zero-order chi connectivity index (χ0) is 22.2. The molecule has 0 saturated heterocycles. The van der Waals surface area contributed by atoms with Crippen molar-refractivity contribution in [3.8, 4) is 5.75 Å². The fourth-order valence-electron chi connectivity index (χ4n) is 3.69. The third kappa shape index (κ3) is 4.44. The number of methoxy groups -OCH3 is 1. The normalized spacial score (nSPS) is 15.1. The largest absolute Gasteiger partial charge is 0.497 e. The van der Waals surface area contributed by atoms with E-state index in [1.165, 1.54) is 11.8 Å². The Labute approximate surface area is 182 Å². The number of amides is 1. The fourth-order valence-corrected chi connectivity index (χ4v) is 4.98. The maximum atomic E-state index is 12.5. The molecule has 2 heterocycles. The van der Waals surface area contributed by atoms with Crippen molar-refractivity contribution >= 4 is 26.8 Å². The number of hydrogen-bond acceptors (Lipinski definition) is 5. The van der Waals surface area contributed by atoms with Crippen molar-refractivity contribution < 1.29 is 17.9 Å². The predicted octanol–water partition coefficient (Wildman–Crippen LogP) is 3.83. The molecular formula is C23H27N3O4S. The Morgan fingerprint density at radius 2 is 2.03 bits per heavy atom. The number of sulfonamides is 1. The van der Waals surface area contributed by atoms with Crippen LogP contribution < -0.4 is 9.46 Å². The van der Waals surface area contributed by atoms with Gasteiger partial charge in [-0.1, -0.05) is 19.9 Å². The second-order valence-electron chi connectivity index (χ2n) is 8.08. The number of ether oxygens (including phenoxy) is 1. The van der Waals surface area contributed by atoms with Crippen molar-refractivity contribution in [2.75, 3.05) is 7.11 Å². The zero-order valence-corrected chi connectivity index (χ0v) is 18.8. The Bertz CT molecular complexity index is 1230. The van der Waals surface area contributed by atoms with Crippen molar-refractivity contribution in [3.05, 3.63) is 59.5 Å². The van der Waals surface area contributed by atoms with Crippen LogP contribution in [-0.2, 0) is 16.6 Å². The van der Waals surface area contributed by atoms with Gasteiger partial charge in [-0.25, -0.2) is 18.1 Å². The van der Waals surface area contributed by atoms with E-state index in [1.54, 1.807) is 13.2 Å². The van der Waals surface area contributed by atoms with Gasteiger partial charge in [0.25, 0.3) is 5.91 Å². The number of aromatic nitrogens is 2. The van der Waals surface area contributed by atoms with Gasteiger partial charge >= 0.3 is 0 Å². The van der Waals surface area contributed by atoms with Crippen LogP contribution in [0.15, 0.2) is 42.5 Å². The first-order chi connectivity index (χ1) is 14.8. The minimum Gasteiger partial charge on any atom is -0.497 e. The highest BCUT2D eigenvalue weighted by Gasteiger charge is 2.37. The Morgan fingerprint density at radius 1 is 1.26 bits per heavy atom. The smallest absolute Gasteiger partial charge is 0.283 e. The molecule has 1 N–H and O–H groups in total. The molecule has 1 amide bonds. The number of rotatable bonds is 8. The monoisotopic (exact) mass is 441 g/mol. The summed E-state index contributed by atoms with van der Waals surface area (Å²) in [6, 6.07) is 13.3. The Balaban J connectivity index is 1.66. The molecule has 1 aliphatic carbocycles. The lowest BCUT2D eigenvalue weighted by Crippen LogP contribution is -2.33. The number of benzene rings is 1. The van der Waals surface area contributed by atoms with Gasteiger partial charge < -0.3 is 9.30 Å². The molecule has 0 radical (unpaired) electrons. The number of nitrogens with one attached hydrogen (secondary N) is 1. The summed E-state index contributed by atoms with van der Waals surface area (Å²) in [5, 5.41) is 0.625. The van der Waals surface area contributed by atoms with E-state index in [1.807, 2.05) is 24.3 Å². The number of nitrogens with zero attached hydrogens (tertiary/aromatic N) is 2. The minimum absolute atomic E-state index is 0.102. The topological polar surface area (TPSA) is 90.3 Å². The van der Waals surface area contributed by atoms with Gasteiger partial charge in [0.1, 0.15) is 11.4 Å². The van der Waals surface area contributed by atoms with E-state index in [-0.39, 0.29) is 5.69 Å². The van der Waals surface area contributed by atoms with E-state index < -0.39 is 21.2 Å². The third-order valence-corrected chi connectivity index (χ3v) is 7.63. The maximum absolute atomic E-state index is 12.5. The van der Waals surface area contributed by atoms with Crippen LogP contribution in [0.3, 0.4) is 0 Å². The standard InChI is InChI=1S/C23H27N3O4S/c1-4-15(2)22-13-16-12-18(30-3)8-11-21(16)26(22)14-17-6-5-7-20(24-17)23(27)25-31(28,29)19-9-10-19/h5-8,11-13,15,19H,4,9-10,14H2,1-3H3,(H,25,27). The van der Waals surface area contributed by atoms with Crippen molar-refractivity contribution in [2.45, 2.75) is 50.8 Å². The number of fused-ring (bicyclic) bond motifs is 1. The summed E-state index contributed by atoms with van der Waals surface area (Å²) < 4.78 is 33.9. The molecule has 0 bridgehead atoms. The SMILES string of the molecule is CCC(C)c1cc2cc(OC)ccc2n1Cc1cccc(C(=O)NS(=O)(=O)C2CC2)n1. The molecule has 31 heavy (non-hydrogen) atoms. The van der Waals surface area contributed by atoms with E-state index in [2.05, 4.69) is 34.2 Å². The number of pyridine rings is 1. The van der Waals surface area contributed by atoms with Crippen molar-refractivity contribution in [1.82, 2.24) is 14.3 Å². The highest BCUT2D eigenvalue weighted by molar-refractivity contribution is 7.91. The van der Waals surface area contributed by atoms with E-state index in [9.17, 15) is 13.2 Å². The lowest BCUT2D eigenvalue weighted by Gasteiger charge is -2.15. The van der Waals surface area contributed by atoms with Gasteiger partial charge in [0, 0.05) is 16.6 Å². The lowest BCUT2D eigenvalue weighted by molar-refractivity contribution is 0.0976. The van der Waals surface area contributed by atoms with Gasteiger partial charge in [0.15, 0.2) is 0 Å². The summed E-state index contributed by atoms with van der Waals surface area (Å²) in [5.41, 5.74) is 3.03. The first-order valence-corrected chi connectivity index (χ1v) is 12.1. The summed E-state index contributed by atoms with van der Waals surface area (Å²) >= 11 is 0. The van der Waals surface area contributed by atoms with Crippen molar-refractivity contribution in [2.24, 2.45) is 0 Å². The molecule has 1 atom stereocenters. The third-order valence-electron chi connectivity index (χ3n) is 5.82. The second kappa shape index (κ2) is 8.34. The Morgan fingerprint density at radius 3 is 2.71 bits per heavy atom. The fraction of sp³-hybridized carbons (Fsp3) is 0.391. The van der Waals surface area contributed by atoms with Crippen LogP contribution >= 0.6 is 0 Å². The van der Waals surface area contributed by atoms with Gasteiger partial charge in [-0.3, -0.25) is 4.79 Å². The molecule has 1 aliphatic rings. The molecule has 4 rings (SSSR count). The molecule has 0 spiro atoms. The van der Waals surface area contributed by atoms with Crippen LogP contribution in [0, 0.1) is 0 Å². The summed E-state index contributed by atoms with van der Waals surface area (Å²) in [6.45, 7) is 4.81. The summed E-state index contributed by atoms with van der Waals surface area (Å²) in [5.74, 6) is 0.459. The quantitative estimate of drug-likeness (QED) is 0.574. The molecule has 0 aliphatic heterocycles. The van der Waals surface area contributed by atoms with Gasteiger partial charge in [-0.15, -0.1) is 0 Å². The average molecular weight is 442 g/mol. The van der Waals surface area contributed by atoms with E-state index in [0.29, 0.717) is 31.0 Å². The van der Waals surface area contributed by atoms with Gasteiger partial charge in [-0.05, 0) is 61.6 Å². The minimum atomic E-state index is -3.61. The number of carbonyl (C=O) groups is 1. The molecule has 7 nitrogen and oxygen atoms in total. The molecule has 3 aromatic rings. The summed E-state index contributed by atoms with van der Waals surface area (Å²) in [6.07, 6.45) is 2.18. The maximum Gasteiger partial charge on any atom is 0.283 e. The second-order valence-corrected chi connectivity index (χ2v) is 10.0. The average Bonchev–Trinajstić information content (AvgIpc) is 3.57. The lowest BCUT2D eigenvalue weighted by atomic mass is 10.0. The Hall–Kier alpha value is -2.87. The molecule has 1 aromatic carbocycles. The highest BCUT2D eigenvalue weighted by Crippen LogP contribution is 2.30. The summed E-state index contributed by atoms with van der Waals surface area (Å²) in [4.78, 5) is 16.9. The van der Waals surface area contributed by atoms with Crippen LogP contribution in [0.1, 0.15) is 60.9 Å². The van der Waals surface area contributed by atoms with E-state index in [0.717, 1.165) is 23.1 Å². The van der Waals surface area contributed by atoms with Gasteiger partial charge in [-0.2, -0.15) is 0 Å². The van der Waals surface area contributed by atoms with Crippen molar-refractivity contribution in [3.63, 3.8) is 0 Å². The van der Waals surface area contributed by atoms with Crippen LogP contribution in [0.5, 0.6) is 5.75 Å². The van der Waals surface area contributed by atoms with Gasteiger partial charge in [0.2, 0.25) is 10.0 Å². The van der Waals surface area contributed by atoms with Crippen LogP contribution in [0.2, 0.25) is 0 Å². The number of carbonyl (C=O) groups excluding carboxylic acids is 1. The first-order valence-electron chi connectivity index (χ1n) is 10.5. The first kappa shape index (κ1) is 21.4. The summed E-state index contributed by atoms with van der Waals surface area (Å²) in [7, 11) is -1.96.